The van der Waals surface area contributed by atoms with Crippen molar-refractivity contribution in [1.82, 2.24) is 0 Å². The standard InChI is InChI=1S/C19H16N2O7/c1-2-26-17(24)13-16(20)28-14-12(23)7-9(8-22)27-15(14)19(13)10-5-3-4-6-11(10)21-18(19)25/h3-7,22H,2,8,20H2,1H3,(H,21,25)/t19-/m1/s1. The summed E-state index contributed by atoms with van der Waals surface area (Å²) < 4.78 is 16.1. The van der Waals surface area contributed by atoms with Crippen molar-refractivity contribution in [2.75, 3.05) is 11.9 Å². The summed E-state index contributed by atoms with van der Waals surface area (Å²) in [6.45, 7) is 1.05. The molecule has 1 aromatic carbocycles. The lowest BCUT2D eigenvalue weighted by Crippen LogP contribution is -2.47. The van der Waals surface area contributed by atoms with Gasteiger partial charge in [0.05, 0.1) is 6.61 Å². The van der Waals surface area contributed by atoms with Crippen molar-refractivity contribution in [2.24, 2.45) is 5.73 Å². The maximum Gasteiger partial charge on any atom is 0.341 e. The lowest BCUT2D eigenvalue weighted by atomic mass is 9.71. The van der Waals surface area contributed by atoms with Crippen LogP contribution < -0.4 is 21.2 Å². The third-order valence-electron chi connectivity index (χ3n) is 4.68. The maximum absolute atomic E-state index is 13.3. The van der Waals surface area contributed by atoms with Crippen LogP contribution in [0.15, 0.2) is 51.0 Å². The molecule has 9 nitrogen and oxygen atoms in total. The zero-order valence-corrected chi connectivity index (χ0v) is 14.8. The Labute approximate surface area is 158 Å². The first-order valence-electron chi connectivity index (χ1n) is 8.49. The number of anilines is 1. The van der Waals surface area contributed by atoms with Crippen molar-refractivity contribution in [3.63, 3.8) is 0 Å². The predicted molar refractivity (Wildman–Crippen MR) is 95.2 cm³/mol. The lowest BCUT2D eigenvalue weighted by molar-refractivity contribution is -0.141. The third kappa shape index (κ3) is 2.20. The van der Waals surface area contributed by atoms with Crippen LogP contribution in [0.5, 0.6) is 5.75 Å². The van der Waals surface area contributed by atoms with Crippen molar-refractivity contribution in [1.29, 1.82) is 0 Å². The van der Waals surface area contributed by atoms with E-state index in [2.05, 4.69) is 5.32 Å². The molecule has 9 heteroatoms. The van der Waals surface area contributed by atoms with Gasteiger partial charge in [-0.3, -0.25) is 9.59 Å². The van der Waals surface area contributed by atoms with Gasteiger partial charge in [0.15, 0.2) is 11.2 Å². The van der Waals surface area contributed by atoms with Crippen LogP contribution in [-0.2, 0) is 26.3 Å². The molecule has 0 radical (unpaired) electrons. The summed E-state index contributed by atoms with van der Waals surface area (Å²) in [4.78, 5) is 38.6. The van der Waals surface area contributed by atoms with Crippen molar-refractivity contribution >= 4 is 17.6 Å². The average molecular weight is 384 g/mol. The number of ether oxygens (including phenoxy) is 2. The second kappa shape index (κ2) is 6.24. The molecule has 2 aliphatic rings. The van der Waals surface area contributed by atoms with Gasteiger partial charge in [0.25, 0.3) is 0 Å². The number of nitrogens with one attached hydrogen (secondary N) is 1. The number of esters is 1. The average Bonchev–Trinajstić information content (AvgIpc) is 2.95. The predicted octanol–water partition coefficient (Wildman–Crippen LogP) is 0.496. The molecule has 1 atom stereocenters. The molecular weight excluding hydrogens is 368 g/mol. The molecule has 0 saturated carbocycles. The fraction of sp³-hybridized carbons (Fsp3) is 0.211. The summed E-state index contributed by atoms with van der Waals surface area (Å²) >= 11 is 0. The number of fused-ring (bicyclic) bond motifs is 4. The molecule has 0 saturated heterocycles. The Bertz CT molecular complexity index is 1100. The Kier molecular flexibility index (Phi) is 3.97. The van der Waals surface area contributed by atoms with Gasteiger partial charge in [-0.25, -0.2) is 4.79 Å². The lowest BCUT2D eigenvalue weighted by Gasteiger charge is -2.33. The first-order valence-corrected chi connectivity index (χ1v) is 8.49. The van der Waals surface area contributed by atoms with Crippen LogP contribution in [0.25, 0.3) is 0 Å². The fourth-order valence-electron chi connectivity index (χ4n) is 3.60. The van der Waals surface area contributed by atoms with Crippen molar-refractivity contribution in [3.05, 3.63) is 69.1 Å². The molecule has 144 valence electrons. The van der Waals surface area contributed by atoms with Gasteiger partial charge in [-0.05, 0) is 13.0 Å². The van der Waals surface area contributed by atoms with E-state index in [1.165, 1.54) is 0 Å². The van der Waals surface area contributed by atoms with Gasteiger partial charge in [0.1, 0.15) is 17.9 Å². The van der Waals surface area contributed by atoms with Gasteiger partial charge in [-0.2, -0.15) is 0 Å². The SMILES string of the molecule is CCOC(=O)C1=C(N)Oc2c(oc(CO)cc2=O)[C@]12C(=O)Nc1ccccc12. The summed E-state index contributed by atoms with van der Waals surface area (Å²) in [5.41, 5.74) is 3.94. The number of rotatable bonds is 3. The summed E-state index contributed by atoms with van der Waals surface area (Å²) in [6.07, 6.45) is 0. The van der Waals surface area contributed by atoms with E-state index in [1.807, 2.05) is 0 Å². The smallest absolute Gasteiger partial charge is 0.341 e. The first-order chi connectivity index (χ1) is 13.4. The highest BCUT2D eigenvalue weighted by Crippen LogP contribution is 2.52. The van der Waals surface area contributed by atoms with E-state index in [9.17, 15) is 19.5 Å². The molecule has 0 aliphatic carbocycles. The summed E-state index contributed by atoms with van der Waals surface area (Å²) in [6, 6.07) is 7.66. The number of para-hydroxylation sites is 1. The number of carbonyl (C=O) groups excluding carboxylic acids is 2. The van der Waals surface area contributed by atoms with E-state index < -0.39 is 35.2 Å². The van der Waals surface area contributed by atoms with Crippen molar-refractivity contribution in [3.8, 4) is 5.75 Å². The normalized spacial score (nSPS) is 19.7. The molecule has 4 rings (SSSR count). The highest BCUT2D eigenvalue weighted by molar-refractivity contribution is 6.16. The third-order valence-corrected chi connectivity index (χ3v) is 4.68. The van der Waals surface area contributed by atoms with Gasteiger partial charge in [-0.1, -0.05) is 18.2 Å². The largest absolute Gasteiger partial charge is 0.462 e. The van der Waals surface area contributed by atoms with E-state index in [1.54, 1.807) is 31.2 Å². The number of aliphatic hydroxyl groups is 1. The number of carbonyl (C=O) groups is 2. The molecule has 0 fully saturated rings. The number of nitrogens with two attached hydrogens (primary N) is 1. The highest BCUT2D eigenvalue weighted by Gasteiger charge is 2.61. The van der Waals surface area contributed by atoms with E-state index in [-0.39, 0.29) is 29.4 Å². The fourth-order valence-corrected chi connectivity index (χ4v) is 3.60. The second-order valence-corrected chi connectivity index (χ2v) is 6.20. The minimum atomic E-state index is -1.88. The van der Waals surface area contributed by atoms with E-state index in [4.69, 9.17) is 19.6 Å². The van der Waals surface area contributed by atoms with Crippen LogP contribution in [0.3, 0.4) is 0 Å². The van der Waals surface area contributed by atoms with E-state index in [0.717, 1.165) is 6.07 Å². The number of aliphatic hydroxyl groups excluding tert-OH is 1. The molecule has 1 aromatic heterocycles. The van der Waals surface area contributed by atoms with Crippen LogP contribution in [0.4, 0.5) is 5.69 Å². The topological polar surface area (TPSA) is 141 Å². The minimum absolute atomic E-state index is 0.0302. The molecule has 2 aromatic rings. The molecular formula is C19H16N2O7. The number of benzene rings is 1. The monoisotopic (exact) mass is 384 g/mol. The van der Waals surface area contributed by atoms with Crippen LogP contribution in [-0.4, -0.2) is 23.6 Å². The molecule has 3 heterocycles. The molecule has 0 bridgehead atoms. The number of hydrogen-bond donors (Lipinski definition) is 3. The zero-order chi connectivity index (χ0) is 20.1. The van der Waals surface area contributed by atoms with Gasteiger partial charge in [0.2, 0.25) is 23.0 Å². The van der Waals surface area contributed by atoms with Crippen molar-refractivity contribution in [2.45, 2.75) is 18.9 Å². The maximum atomic E-state index is 13.3. The molecule has 28 heavy (non-hydrogen) atoms. The van der Waals surface area contributed by atoms with Gasteiger partial charge >= 0.3 is 5.97 Å². The summed E-state index contributed by atoms with van der Waals surface area (Å²) in [5.74, 6) is -2.61. The Hall–Kier alpha value is -3.59. The number of hydrogen-bond acceptors (Lipinski definition) is 8. The molecule has 1 amide bonds. The van der Waals surface area contributed by atoms with Gasteiger partial charge < -0.3 is 30.0 Å². The van der Waals surface area contributed by atoms with Gasteiger partial charge in [-0.15, -0.1) is 0 Å². The van der Waals surface area contributed by atoms with Crippen molar-refractivity contribution < 1.29 is 28.6 Å². The Balaban J connectivity index is 2.14. The number of amides is 1. The summed E-state index contributed by atoms with van der Waals surface area (Å²) in [5, 5.41) is 12.2. The van der Waals surface area contributed by atoms with Crippen LogP contribution in [0.2, 0.25) is 0 Å². The van der Waals surface area contributed by atoms with Crippen LogP contribution >= 0.6 is 0 Å². The highest BCUT2D eigenvalue weighted by atomic mass is 16.5. The Morgan fingerprint density at radius 2 is 2.07 bits per heavy atom. The first kappa shape index (κ1) is 17.8. The Morgan fingerprint density at radius 3 is 2.79 bits per heavy atom. The van der Waals surface area contributed by atoms with Crippen LogP contribution in [0.1, 0.15) is 24.0 Å². The molecule has 0 unspecified atom stereocenters. The van der Waals surface area contributed by atoms with Crippen LogP contribution in [0, 0.1) is 0 Å². The second-order valence-electron chi connectivity index (χ2n) is 6.20. The van der Waals surface area contributed by atoms with E-state index in [0.29, 0.717) is 11.3 Å². The minimum Gasteiger partial charge on any atom is -0.462 e. The molecule has 2 aliphatic heterocycles. The molecule has 1 spiro atoms. The molecule has 4 N–H and O–H groups in total. The van der Waals surface area contributed by atoms with Gasteiger partial charge in [0, 0.05) is 17.3 Å². The Morgan fingerprint density at radius 1 is 1.32 bits per heavy atom. The zero-order valence-electron chi connectivity index (χ0n) is 14.8. The quantitative estimate of drug-likeness (QED) is 0.650. The van der Waals surface area contributed by atoms with E-state index >= 15 is 0 Å². The summed E-state index contributed by atoms with van der Waals surface area (Å²) in [7, 11) is 0.